The molecule has 3 heteroatoms. The van der Waals surface area contributed by atoms with Crippen LogP contribution >= 0.6 is 12.4 Å². The number of rotatable bonds is 5. The van der Waals surface area contributed by atoms with Crippen molar-refractivity contribution in [2.45, 2.75) is 45.1 Å². The van der Waals surface area contributed by atoms with Crippen LogP contribution in [0, 0.1) is 0 Å². The predicted molar refractivity (Wildman–Crippen MR) is 78.8 cm³/mol. The normalized spacial score (nSPS) is 19.1. The van der Waals surface area contributed by atoms with Gasteiger partial charge < -0.3 is 10.1 Å². The Labute approximate surface area is 117 Å². The summed E-state index contributed by atoms with van der Waals surface area (Å²) in [6, 6.07) is 9.01. The van der Waals surface area contributed by atoms with Crippen molar-refractivity contribution in [2.75, 3.05) is 13.2 Å². The van der Waals surface area contributed by atoms with Crippen molar-refractivity contribution < 1.29 is 4.74 Å². The van der Waals surface area contributed by atoms with Crippen LogP contribution in [-0.2, 0) is 6.42 Å². The Hall–Kier alpha value is -0.730. The number of hydrogen-bond acceptors (Lipinski definition) is 2. The lowest BCUT2D eigenvalue weighted by Crippen LogP contribution is -2.35. The molecule has 1 fully saturated rings. The molecular formula is C15H24ClNO. The maximum absolute atomic E-state index is 5.89. The van der Waals surface area contributed by atoms with E-state index in [1.54, 1.807) is 0 Å². The van der Waals surface area contributed by atoms with Crippen LogP contribution in [-0.4, -0.2) is 19.2 Å². The van der Waals surface area contributed by atoms with Gasteiger partial charge in [0.15, 0.2) is 0 Å². The summed E-state index contributed by atoms with van der Waals surface area (Å²) < 4.78 is 5.89. The number of hydrogen-bond donors (Lipinski definition) is 1. The first-order chi connectivity index (χ1) is 8.40. The van der Waals surface area contributed by atoms with Crippen LogP contribution in [0.15, 0.2) is 24.3 Å². The Morgan fingerprint density at radius 3 is 2.83 bits per heavy atom. The molecule has 1 heterocycles. The third-order valence-electron chi connectivity index (χ3n) is 3.49. The lowest BCUT2D eigenvalue weighted by molar-refractivity contribution is 0.266. The Balaban J connectivity index is 0.00000162. The summed E-state index contributed by atoms with van der Waals surface area (Å²) in [6.45, 7) is 4.18. The quantitative estimate of drug-likeness (QED) is 0.882. The highest BCUT2D eigenvalue weighted by Gasteiger charge is 2.12. The highest BCUT2D eigenvalue weighted by atomic mass is 35.5. The minimum absolute atomic E-state index is 0. The second kappa shape index (κ2) is 8.39. The minimum atomic E-state index is 0. The van der Waals surface area contributed by atoms with Crippen molar-refractivity contribution in [3.63, 3.8) is 0 Å². The van der Waals surface area contributed by atoms with Crippen molar-refractivity contribution in [2.24, 2.45) is 0 Å². The highest BCUT2D eigenvalue weighted by Crippen LogP contribution is 2.19. The van der Waals surface area contributed by atoms with E-state index in [0.717, 1.165) is 25.2 Å². The van der Waals surface area contributed by atoms with Gasteiger partial charge in [-0.2, -0.15) is 0 Å². The van der Waals surface area contributed by atoms with Crippen LogP contribution in [0.4, 0.5) is 0 Å². The molecule has 1 aromatic rings. The molecule has 1 atom stereocenters. The van der Waals surface area contributed by atoms with E-state index in [9.17, 15) is 0 Å². The molecule has 0 saturated carbocycles. The Bertz CT molecular complexity index is 337. The summed E-state index contributed by atoms with van der Waals surface area (Å²) in [6.07, 6.45) is 6.16. The largest absolute Gasteiger partial charge is 0.493 e. The van der Waals surface area contributed by atoms with Crippen molar-refractivity contribution in [1.82, 2.24) is 5.32 Å². The van der Waals surface area contributed by atoms with E-state index in [1.807, 2.05) is 6.07 Å². The van der Waals surface area contributed by atoms with Crippen LogP contribution in [0.3, 0.4) is 0 Å². The van der Waals surface area contributed by atoms with E-state index < -0.39 is 0 Å². The van der Waals surface area contributed by atoms with Gasteiger partial charge in [-0.25, -0.2) is 0 Å². The van der Waals surface area contributed by atoms with Gasteiger partial charge in [0.1, 0.15) is 5.75 Å². The zero-order chi connectivity index (χ0) is 11.9. The fourth-order valence-corrected chi connectivity index (χ4v) is 2.42. The maximum Gasteiger partial charge on any atom is 0.122 e. The molecule has 1 saturated heterocycles. The zero-order valence-electron chi connectivity index (χ0n) is 11.2. The number of nitrogens with one attached hydrogen (secondary N) is 1. The molecule has 2 nitrogen and oxygen atoms in total. The van der Waals surface area contributed by atoms with Gasteiger partial charge in [-0.15, -0.1) is 12.4 Å². The molecule has 1 aromatic carbocycles. The summed E-state index contributed by atoms with van der Waals surface area (Å²) >= 11 is 0. The zero-order valence-corrected chi connectivity index (χ0v) is 12.0. The molecule has 1 aliphatic rings. The number of ether oxygens (including phenoxy) is 1. The summed E-state index contributed by atoms with van der Waals surface area (Å²) in [4.78, 5) is 0. The van der Waals surface area contributed by atoms with Crippen LogP contribution in [0.2, 0.25) is 0 Å². The Kier molecular flexibility index (Phi) is 7.14. The molecule has 0 aromatic heterocycles. The van der Waals surface area contributed by atoms with Gasteiger partial charge in [-0.1, -0.05) is 31.5 Å². The standard InChI is InChI=1S/C15H23NO.ClH/c1-2-13-7-3-4-9-15(13)17-12-10-14-8-5-6-11-16-14;/h3-4,7,9,14,16H,2,5-6,8,10-12H2,1H3;1H. The van der Waals surface area contributed by atoms with Gasteiger partial charge in [0.25, 0.3) is 0 Å². The van der Waals surface area contributed by atoms with Crippen LogP contribution in [0.5, 0.6) is 5.75 Å². The van der Waals surface area contributed by atoms with E-state index in [1.165, 1.54) is 31.4 Å². The van der Waals surface area contributed by atoms with Gasteiger partial charge in [-0.05, 0) is 43.9 Å². The van der Waals surface area contributed by atoms with Gasteiger partial charge in [0.05, 0.1) is 6.61 Å². The van der Waals surface area contributed by atoms with Crippen molar-refractivity contribution in [3.05, 3.63) is 29.8 Å². The number of para-hydroxylation sites is 1. The molecule has 0 spiro atoms. The minimum Gasteiger partial charge on any atom is -0.493 e. The lowest BCUT2D eigenvalue weighted by Gasteiger charge is -2.23. The monoisotopic (exact) mass is 269 g/mol. The van der Waals surface area contributed by atoms with Gasteiger partial charge >= 0.3 is 0 Å². The molecule has 0 aliphatic carbocycles. The molecule has 0 bridgehead atoms. The fraction of sp³-hybridized carbons (Fsp3) is 0.600. The van der Waals surface area contributed by atoms with Crippen LogP contribution in [0.25, 0.3) is 0 Å². The first-order valence-corrected chi connectivity index (χ1v) is 6.84. The van der Waals surface area contributed by atoms with E-state index in [0.29, 0.717) is 6.04 Å². The van der Waals surface area contributed by atoms with Gasteiger partial charge in [0, 0.05) is 6.04 Å². The van der Waals surface area contributed by atoms with Crippen molar-refractivity contribution >= 4 is 12.4 Å². The number of piperidine rings is 1. The van der Waals surface area contributed by atoms with E-state index >= 15 is 0 Å². The molecule has 1 unspecified atom stereocenters. The van der Waals surface area contributed by atoms with E-state index in [-0.39, 0.29) is 12.4 Å². The average molecular weight is 270 g/mol. The average Bonchev–Trinajstić information content (AvgIpc) is 2.40. The topological polar surface area (TPSA) is 21.3 Å². The third kappa shape index (κ3) is 4.51. The number of halogens is 1. The van der Waals surface area contributed by atoms with Crippen molar-refractivity contribution in [1.29, 1.82) is 0 Å². The Morgan fingerprint density at radius 2 is 2.11 bits per heavy atom. The third-order valence-corrected chi connectivity index (χ3v) is 3.49. The predicted octanol–water partition coefficient (Wildman–Crippen LogP) is 3.58. The van der Waals surface area contributed by atoms with E-state index in [4.69, 9.17) is 4.74 Å². The van der Waals surface area contributed by atoms with E-state index in [2.05, 4.69) is 30.4 Å². The molecule has 0 amide bonds. The summed E-state index contributed by atoms with van der Waals surface area (Å²) in [5.41, 5.74) is 1.31. The van der Waals surface area contributed by atoms with Gasteiger partial charge in [0.2, 0.25) is 0 Å². The molecule has 1 aliphatic heterocycles. The summed E-state index contributed by atoms with van der Waals surface area (Å²) in [7, 11) is 0. The van der Waals surface area contributed by atoms with Crippen LogP contribution < -0.4 is 10.1 Å². The smallest absolute Gasteiger partial charge is 0.122 e. The lowest BCUT2D eigenvalue weighted by atomic mass is 10.0. The SMILES string of the molecule is CCc1ccccc1OCCC1CCCCN1.Cl. The van der Waals surface area contributed by atoms with Crippen molar-refractivity contribution in [3.8, 4) is 5.75 Å². The molecular weight excluding hydrogens is 246 g/mol. The second-order valence-corrected chi connectivity index (χ2v) is 4.75. The molecule has 0 radical (unpaired) electrons. The maximum atomic E-state index is 5.89. The highest BCUT2D eigenvalue weighted by molar-refractivity contribution is 5.85. The summed E-state index contributed by atoms with van der Waals surface area (Å²) in [5, 5.41) is 3.55. The number of aryl methyl sites for hydroxylation is 1. The molecule has 1 N–H and O–H groups in total. The summed E-state index contributed by atoms with van der Waals surface area (Å²) in [5.74, 6) is 1.06. The fourth-order valence-electron chi connectivity index (χ4n) is 2.42. The van der Waals surface area contributed by atoms with Crippen LogP contribution in [0.1, 0.15) is 38.2 Å². The second-order valence-electron chi connectivity index (χ2n) is 4.75. The number of benzene rings is 1. The molecule has 18 heavy (non-hydrogen) atoms. The molecule has 102 valence electrons. The first-order valence-electron chi connectivity index (χ1n) is 6.84. The first kappa shape index (κ1) is 15.3. The molecule has 2 rings (SSSR count). The Morgan fingerprint density at radius 1 is 1.28 bits per heavy atom. The van der Waals surface area contributed by atoms with Gasteiger partial charge in [-0.3, -0.25) is 0 Å².